The maximum Gasteiger partial charge on any atom is 0.123 e. The first-order valence-electron chi connectivity index (χ1n) is 18.6. The van der Waals surface area contributed by atoms with Crippen molar-refractivity contribution in [3.8, 4) is 11.1 Å². The fourth-order valence-electron chi connectivity index (χ4n) is 8.56. The van der Waals surface area contributed by atoms with Crippen LogP contribution in [0.1, 0.15) is 25.0 Å². The number of benzene rings is 9. The zero-order chi connectivity index (χ0) is 37.3. The number of hydrogen-bond donors (Lipinski definition) is 0. The zero-order valence-corrected chi connectivity index (χ0v) is 30.5. The summed E-state index contributed by atoms with van der Waals surface area (Å²) >= 11 is 0. The molecule has 2 nitrogen and oxygen atoms in total. The molecular weight excluding hydrogens is 679 g/mol. The van der Waals surface area contributed by atoms with Gasteiger partial charge in [-0.25, -0.2) is 8.78 Å². The number of hydrogen-bond acceptors (Lipinski definition) is 2. The summed E-state index contributed by atoms with van der Waals surface area (Å²) < 4.78 is 28.7. The SMILES string of the molecule is CC1(C)c2cc(N(c3ccc(F)cc3)c3ccc4ccccc4c3)ccc2-c2c1cc(N(c1ccc(F)cc1)c1ccc3ccccc3c1)c1ccccc21. The second-order valence-corrected chi connectivity index (χ2v) is 14.9. The van der Waals surface area contributed by atoms with Crippen LogP contribution in [0.25, 0.3) is 43.4 Å². The van der Waals surface area contributed by atoms with Gasteiger partial charge in [0.25, 0.3) is 0 Å². The zero-order valence-electron chi connectivity index (χ0n) is 30.5. The van der Waals surface area contributed by atoms with Gasteiger partial charge in [-0.15, -0.1) is 0 Å². The Morgan fingerprint density at radius 2 is 0.836 bits per heavy atom. The summed E-state index contributed by atoms with van der Waals surface area (Å²) in [5.74, 6) is -0.541. The van der Waals surface area contributed by atoms with Crippen molar-refractivity contribution in [2.24, 2.45) is 0 Å². The third-order valence-corrected chi connectivity index (χ3v) is 11.3. The molecule has 0 atom stereocenters. The third kappa shape index (κ3) is 5.44. The van der Waals surface area contributed by atoms with Crippen molar-refractivity contribution in [2.75, 3.05) is 9.80 Å². The summed E-state index contributed by atoms with van der Waals surface area (Å²) in [5.41, 5.74) is 10.3. The van der Waals surface area contributed by atoms with E-state index in [0.29, 0.717) is 0 Å². The van der Waals surface area contributed by atoms with Gasteiger partial charge < -0.3 is 9.80 Å². The van der Waals surface area contributed by atoms with Crippen molar-refractivity contribution in [1.82, 2.24) is 0 Å². The molecule has 0 heterocycles. The fraction of sp³-hybridized carbons (Fsp3) is 0.0588. The molecule has 0 spiro atoms. The molecule has 0 radical (unpaired) electrons. The highest BCUT2D eigenvalue weighted by Crippen LogP contribution is 2.56. The molecule has 1 aliphatic rings. The van der Waals surface area contributed by atoms with E-state index in [2.05, 4.69) is 157 Å². The summed E-state index contributed by atoms with van der Waals surface area (Å²) in [6, 6.07) is 60.9. The van der Waals surface area contributed by atoms with Gasteiger partial charge in [0, 0.05) is 39.2 Å². The lowest BCUT2D eigenvalue weighted by molar-refractivity contribution is 0.627. The summed E-state index contributed by atoms with van der Waals surface area (Å²) in [4.78, 5) is 4.47. The molecule has 55 heavy (non-hydrogen) atoms. The highest BCUT2D eigenvalue weighted by molar-refractivity contribution is 6.10. The molecule has 4 heteroatoms. The lowest BCUT2D eigenvalue weighted by Gasteiger charge is -2.30. The van der Waals surface area contributed by atoms with E-state index in [9.17, 15) is 8.78 Å². The van der Waals surface area contributed by atoms with Crippen molar-refractivity contribution in [1.29, 1.82) is 0 Å². The Balaban J connectivity index is 1.17. The van der Waals surface area contributed by atoms with Gasteiger partial charge in [-0.05, 0) is 140 Å². The monoisotopic (exact) mass is 714 g/mol. The lowest BCUT2D eigenvalue weighted by Crippen LogP contribution is -2.18. The van der Waals surface area contributed by atoms with Crippen molar-refractivity contribution < 1.29 is 8.78 Å². The van der Waals surface area contributed by atoms with Gasteiger partial charge in [-0.3, -0.25) is 0 Å². The van der Waals surface area contributed by atoms with E-state index in [0.717, 1.165) is 66.4 Å². The molecule has 0 saturated heterocycles. The van der Waals surface area contributed by atoms with Gasteiger partial charge >= 0.3 is 0 Å². The highest BCUT2D eigenvalue weighted by Gasteiger charge is 2.38. The topological polar surface area (TPSA) is 6.48 Å². The van der Waals surface area contributed by atoms with Gasteiger partial charge in [-0.1, -0.05) is 105 Å². The van der Waals surface area contributed by atoms with Crippen LogP contribution in [0.3, 0.4) is 0 Å². The third-order valence-electron chi connectivity index (χ3n) is 11.3. The quantitative estimate of drug-likeness (QED) is 0.169. The second kappa shape index (κ2) is 12.7. The predicted molar refractivity (Wildman–Crippen MR) is 226 cm³/mol. The van der Waals surface area contributed by atoms with Crippen LogP contribution in [-0.2, 0) is 5.41 Å². The van der Waals surface area contributed by atoms with Crippen LogP contribution in [0.2, 0.25) is 0 Å². The van der Waals surface area contributed by atoms with E-state index in [-0.39, 0.29) is 17.0 Å². The number of anilines is 6. The molecule has 1 aliphatic carbocycles. The number of rotatable bonds is 6. The summed E-state index contributed by atoms with van der Waals surface area (Å²) in [6.07, 6.45) is 0. The van der Waals surface area contributed by atoms with Crippen LogP contribution in [0.5, 0.6) is 0 Å². The van der Waals surface area contributed by atoms with Gasteiger partial charge in [0.15, 0.2) is 0 Å². The average Bonchev–Trinajstić information content (AvgIpc) is 3.44. The minimum Gasteiger partial charge on any atom is -0.310 e. The smallest absolute Gasteiger partial charge is 0.123 e. The Bertz CT molecular complexity index is 2930. The normalized spacial score (nSPS) is 12.9. The van der Waals surface area contributed by atoms with E-state index < -0.39 is 0 Å². The van der Waals surface area contributed by atoms with E-state index >= 15 is 0 Å². The van der Waals surface area contributed by atoms with Gasteiger partial charge in [-0.2, -0.15) is 0 Å². The first-order valence-corrected chi connectivity index (χ1v) is 18.6. The first-order chi connectivity index (χ1) is 26.8. The van der Waals surface area contributed by atoms with Crippen molar-refractivity contribution >= 4 is 66.4 Å². The van der Waals surface area contributed by atoms with E-state index in [4.69, 9.17) is 0 Å². The van der Waals surface area contributed by atoms with Crippen molar-refractivity contribution in [3.63, 3.8) is 0 Å². The number of halogens is 2. The predicted octanol–water partition coefficient (Wildman–Crippen LogP) is 14.7. The molecule has 9 aromatic rings. The molecule has 0 N–H and O–H groups in total. The molecule has 10 rings (SSSR count). The molecular formula is C51H36F2N2. The summed E-state index contributed by atoms with van der Waals surface area (Å²) in [7, 11) is 0. The molecule has 0 aromatic heterocycles. The molecule has 0 fully saturated rings. The van der Waals surface area contributed by atoms with Crippen molar-refractivity contribution in [2.45, 2.75) is 19.3 Å². The Labute approximate surface area is 319 Å². The molecule has 0 bridgehead atoms. The minimum atomic E-state index is -0.380. The number of fused-ring (bicyclic) bond motifs is 7. The fourth-order valence-corrected chi connectivity index (χ4v) is 8.56. The van der Waals surface area contributed by atoms with Crippen LogP contribution in [0.4, 0.5) is 42.9 Å². The van der Waals surface area contributed by atoms with Crippen molar-refractivity contribution in [3.05, 3.63) is 205 Å². The number of nitrogens with zero attached hydrogens (tertiary/aromatic N) is 2. The molecule has 0 unspecified atom stereocenters. The van der Waals surface area contributed by atoms with Gasteiger partial charge in [0.05, 0.1) is 5.69 Å². The van der Waals surface area contributed by atoms with Crippen LogP contribution in [-0.4, -0.2) is 0 Å². The van der Waals surface area contributed by atoms with Crippen LogP contribution >= 0.6 is 0 Å². The first kappa shape index (κ1) is 32.8. The maximum absolute atomic E-state index is 14.4. The Hall–Kier alpha value is -6.78. The second-order valence-electron chi connectivity index (χ2n) is 14.9. The maximum atomic E-state index is 14.4. The molecule has 0 aliphatic heterocycles. The molecule has 0 saturated carbocycles. The van der Waals surface area contributed by atoms with Gasteiger partial charge in [0.2, 0.25) is 0 Å². The van der Waals surface area contributed by atoms with E-state index in [1.54, 1.807) is 0 Å². The Kier molecular flexibility index (Phi) is 7.57. The summed E-state index contributed by atoms with van der Waals surface area (Å²) in [6.45, 7) is 4.60. The molecule has 264 valence electrons. The lowest BCUT2D eigenvalue weighted by atomic mass is 9.81. The average molecular weight is 715 g/mol. The van der Waals surface area contributed by atoms with Gasteiger partial charge in [0.1, 0.15) is 11.6 Å². The molecule has 9 aromatic carbocycles. The Morgan fingerprint density at radius 3 is 1.44 bits per heavy atom. The molecule has 0 amide bonds. The standard InChI is InChI=1S/C51H36F2N2/c1-51(2)47-31-43(54(39-23-17-37(52)18-24-39)41-21-15-33-9-3-5-11-35(33)29-41)27-28-46(47)50-45-14-8-7-13-44(45)49(32-48(50)51)55(40-25-19-38(53)20-26-40)42-22-16-34-10-4-6-12-36(34)30-42/h3-32H,1-2H3. The largest absolute Gasteiger partial charge is 0.310 e. The summed E-state index contributed by atoms with van der Waals surface area (Å²) in [5, 5.41) is 6.86. The highest BCUT2D eigenvalue weighted by atomic mass is 19.1. The van der Waals surface area contributed by atoms with Crippen LogP contribution in [0.15, 0.2) is 182 Å². The van der Waals surface area contributed by atoms with E-state index in [1.807, 2.05) is 24.3 Å². The van der Waals surface area contributed by atoms with E-state index in [1.165, 1.54) is 46.5 Å². The van der Waals surface area contributed by atoms with Crippen LogP contribution < -0.4 is 9.80 Å². The van der Waals surface area contributed by atoms with Crippen LogP contribution in [0, 0.1) is 11.6 Å². The minimum absolute atomic E-state index is 0.270. The Morgan fingerprint density at radius 1 is 0.382 bits per heavy atom.